The molecule has 0 radical (unpaired) electrons. The van der Waals surface area contributed by atoms with Gasteiger partial charge in [0.25, 0.3) is 0 Å². The fourth-order valence-corrected chi connectivity index (χ4v) is 6.34. The molecule has 2 aliphatic heterocycles. The van der Waals surface area contributed by atoms with Crippen molar-refractivity contribution >= 4 is 26.8 Å². The average molecular weight is 448 g/mol. The lowest BCUT2D eigenvalue weighted by Gasteiger charge is -2.43. The molecule has 3 heterocycles. The van der Waals surface area contributed by atoms with Gasteiger partial charge in [0.1, 0.15) is 11.5 Å². The summed E-state index contributed by atoms with van der Waals surface area (Å²) in [5.41, 5.74) is 0.476. The highest BCUT2D eigenvalue weighted by Crippen LogP contribution is 2.29. The molecule has 0 saturated carbocycles. The molecule has 2 fully saturated rings. The Morgan fingerprint density at radius 1 is 1.19 bits per heavy atom. The van der Waals surface area contributed by atoms with Crippen molar-refractivity contribution in [3.05, 3.63) is 36.5 Å². The molecule has 8 nitrogen and oxygen atoms in total. The molecule has 2 aromatic rings. The van der Waals surface area contributed by atoms with Crippen molar-refractivity contribution < 1.29 is 22.7 Å². The predicted octanol–water partition coefficient (Wildman–Crippen LogP) is 2.04. The highest BCUT2D eigenvalue weighted by molar-refractivity contribution is 7.89. The second-order valence-electron chi connectivity index (χ2n) is 8.07. The Morgan fingerprint density at radius 3 is 2.74 bits per heavy atom. The third-order valence-electron chi connectivity index (χ3n) is 6.11. The minimum absolute atomic E-state index is 0.00610. The van der Waals surface area contributed by atoms with E-state index in [0.29, 0.717) is 31.7 Å². The number of aromatic nitrogens is 1. The van der Waals surface area contributed by atoms with Gasteiger partial charge >= 0.3 is 0 Å². The van der Waals surface area contributed by atoms with Gasteiger partial charge in [0.05, 0.1) is 5.52 Å². The second-order valence-corrected chi connectivity index (χ2v) is 9.97. The number of carbonyl (C=O) groups excluding carboxylic acids is 1. The third-order valence-corrected chi connectivity index (χ3v) is 8.00. The van der Waals surface area contributed by atoms with E-state index >= 15 is 0 Å². The molecule has 1 atom stereocenters. The van der Waals surface area contributed by atoms with Crippen LogP contribution in [0.15, 0.2) is 41.4 Å². The van der Waals surface area contributed by atoms with E-state index in [1.165, 1.54) is 11.4 Å². The number of nitrogens with zero attached hydrogens (tertiary/aromatic N) is 3. The van der Waals surface area contributed by atoms with Gasteiger partial charge in [-0.2, -0.15) is 4.31 Å². The number of sulfonamides is 1. The lowest BCUT2D eigenvalue weighted by atomic mass is 9.99. The van der Waals surface area contributed by atoms with Crippen molar-refractivity contribution in [2.75, 3.05) is 40.0 Å². The second kappa shape index (κ2) is 9.60. The summed E-state index contributed by atoms with van der Waals surface area (Å²) in [7, 11) is -2.24. The number of para-hydroxylation sites is 1. The number of piperidine rings is 1. The molecule has 2 aliphatic rings. The van der Waals surface area contributed by atoms with Crippen molar-refractivity contribution in [2.45, 2.75) is 42.7 Å². The minimum atomic E-state index is -3.75. The van der Waals surface area contributed by atoms with Crippen molar-refractivity contribution in [1.82, 2.24) is 14.2 Å². The van der Waals surface area contributed by atoms with E-state index < -0.39 is 10.0 Å². The number of ether oxygens (including phenoxy) is 2. The van der Waals surface area contributed by atoms with Crippen LogP contribution in [0.3, 0.4) is 0 Å². The van der Waals surface area contributed by atoms with E-state index in [1.807, 2.05) is 17.0 Å². The van der Waals surface area contributed by atoms with Crippen LogP contribution in [0.5, 0.6) is 0 Å². The summed E-state index contributed by atoms with van der Waals surface area (Å²) in [6.45, 7) is 1.92. The topological polar surface area (TPSA) is 89.0 Å². The van der Waals surface area contributed by atoms with E-state index in [-0.39, 0.29) is 36.0 Å². The molecule has 1 amide bonds. The van der Waals surface area contributed by atoms with E-state index in [9.17, 15) is 13.2 Å². The Hall–Kier alpha value is -2.07. The van der Waals surface area contributed by atoms with E-state index in [0.717, 1.165) is 24.6 Å². The smallest absolute Gasteiger partial charge is 0.249 e. The lowest BCUT2D eigenvalue weighted by molar-refractivity contribution is -0.143. The fraction of sp³-hybridized carbons (Fsp3) is 0.545. The molecular weight excluding hydrogens is 418 g/mol. The minimum Gasteiger partial charge on any atom is -0.381 e. The Bertz CT molecular complexity index is 1020. The predicted molar refractivity (Wildman–Crippen MR) is 116 cm³/mol. The van der Waals surface area contributed by atoms with Crippen LogP contribution in [0.1, 0.15) is 25.7 Å². The van der Waals surface area contributed by atoms with E-state index in [2.05, 4.69) is 4.98 Å². The highest BCUT2D eigenvalue weighted by Gasteiger charge is 2.38. The van der Waals surface area contributed by atoms with Crippen LogP contribution in [-0.2, 0) is 24.3 Å². The summed E-state index contributed by atoms with van der Waals surface area (Å²) < 4.78 is 39.3. The fourth-order valence-electron chi connectivity index (χ4n) is 4.66. The molecule has 4 rings (SSSR count). The summed E-state index contributed by atoms with van der Waals surface area (Å²) in [5, 5.41) is 0.788. The first-order valence-electron chi connectivity index (χ1n) is 10.7. The van der Waals surface area contributed by atoms with Crippen molar-refractivity contribution in [2.24, 2.45) is 0 Å². The zero-order valence-corrected chi connectivity index (χ0v) is 18.6. The number of carbonyl (C=O) groups is 1. The lowest BCUT2D eigenvalue weighted by Crippen LogP contribution is -2.56. The van der Waals surface area contributed by atoms with Gasteiger partial charge in [-0.15, -0.1) is 0 Å². The van der Waals surface area contributed by atoms with Crippen LogP contribution in [-0.4, -0.2) is 80.6 Å². The first-order chi connectivity index (χ1) is 15.0. The van der Waals surface area contributed by atoms with Crippen LogP contribution in [0.4, 0.5) is 0 Å². The molecule has 1 aromatic carbocycles. The van der Waals surface area contributed by atoms with Gasteiger partial charge in [0.2, 0.25) is 15.9 Å². The number of hydrogen-bond acceptors (Lipinski definition) is 6. The maximum absolute atomic E-state index is 13.6. The number of methoxy groups -OCH3 is 1. The maximum Gasteiger partial charge on any atom is 0.249 e. The molecule has 168 valence electrons. The van der Waals surface area contributed by atoms with Crippen LogP contribution in [0, 0.1) is 0 Å². The van der Waals surface area contributed by atoms with Gasteiger partial charge < -0.3 is 14.4 Å². The van der Waals surface area contributed by atoms with Crippen molar-refractivity contribution in [1.29, 1.82) is 0 Å². The largest absolute Gasteiger partial charge is 0.381 e. The SMILES string of the molecule is COCC(=O)N(C1CCOCC1)C1CCCN(S(=O)(=O)c2cccc3cccnc23)C1. The molecular formula is C22H29N3O5S. The summed E-state index contributed by atoms with van der Waals surface area (Å²) in [6, 6.07) is 8.73. The van der Waals surface area contributed by atoms with E-state index in [1.54, 1.807) is 24.4 Å². The number of pyridine rings is 1. The number of amides is 1. The molecule has 1 aromatic heterocycles. The van der Waals surface area contributed by atoms with Crippen LogP contribution >= 0.6 is 0 Å². The van der Waals surface area contributed by atoms with Gasteiger partial charge in [-0.25, -0.2) is 8.42 Å². The van der Waals surface area contributed by atoms with Crippen molar-refractivity contribution in [3.63, 3.8) is 0 Å². The van der Waals surface area contributed by atoms with Gasteiger partial charge in [-0.1, -0.05) is 18.2 Å². The number of benzene rings is 1. The zero-order valence-electron chi connectivity index (χ0n) is 17.8. The number of rotatable bonds is 6. The Morgan fingerprint density at radius 2 is 1.97 bits per heavy atom. The van der Waals surface area contributed by atoms with Gasteiger partial charge in [0, 0.05) is 57.1 Å². The first-order valence-corrected chi connectivity index (χ1v) is 12.2. The molecule has 0 bridgehead atoms. The van der Waals surface area contributed by atoms with Crippen LogP contribution in [0.25, 0.3) is 10.9 Å². The molecule has 0 aliphatic carbocycles. The van der Waals surface area contributed by atoms with Gasteiger partial charge in [0.15, 0.2) is 0 Å². The standard InChI is InChI=1S/C22H29N3O5S/c1-29-16-21(26)25(18-9-13-30-14-10-18)19-7-4-12-24(15-19)31(27,28)20-8-2-5-17-6-3-11-23-22(17)20/h2-3,5-6,8,11,18-19H,4,7,9-10,12-16H2,1H3. The summed E-state index contributed by atoms with van der Waals surface area (Å²) in [4.78, 5) is 19.3. The summed E-state index contributed by atoms with van der Waals surface area (Å²) in [6.07, 6.45) is 4.59. The normalized spacial score (nSPS) is 21.3. The third kappa shape index (κ3) is 4.59. The Kier molecular flexibility index (Phi) is 6.86. The summed E-state index contributed by atoms with van der Waals surface area (Å²) in [5.74, 6) is -0.0922. The monoisotopic (exact) mass is 447 g/mol. The number of hydrogen-bond donors (Lipinski definition) is 0. The van der Waals surface area contributed by atoms with Gasteiger partial charge in [-0.05, 0) is 37.8 Å². The number of fused-ring (bicyclic) bond motifs is 1. The summed E-state index contributed by atoms with van der Waals surface area (Å²) >= 11 is 0. The van der Waals surface area contributed by atoms with Crippen LogP contribution < -0.4 is 0 Å². The molecule has 1 unspecified atom stereocenters. The van der Waals surface area contributed by atoms with E-state index in [4.69, 9.17) is 9.47 Å². The van der Waals surface area contributed by atoms with Crippen molar-refractivity contribution in [3.8, 4) is 0 Å². The molecule has 9 heteroatoms. The molecule has 31 heavy (non-hydrogen) atoms. The quantitative estimate of drug-likeness (QED) is 0.673. The molecule has 0 spiro atoms. The maximum atomic E-state index is 13.6. The van der Waals surface area contributed by atoms with Crippen LogP contribution in [0.2, 0.25) is 0 Å². The average Bonchev–Trinajstić information content (AvgIpc) is 2.80. The van der Waals surface area contributed by atoms with Gasteiger partial charge in [-0.3, -0.25) is 9.78 Å². The molecule has 2 saturated heterocycles. The molecule has 0 N–H and O–H groups in total. The first kappa shape index (κ1) is 22.1. The highest BCUT2D eigenvalue weighted by atomic mass is 32.2. The zero-order chi connectivity index (χ0) is 21.8. The Balaban J connectivity index is 1.62. The Labute approximate surface area is 183 Å².